The average molecular weight is 660 g/mol. The van der Waals surface area contributed by atoms with Gasteiger partial charge in [-0.3, -0.25) is 32.7 Å². The summed E-state index contributed by atoms with van der Waals surface area (Å²) >= 11 is 0. The Morgan fingerprint density at radius 3 is 0.975 bits per heavy atom. The van der Waals surface area contributed by atoms with Crippen molar-refractivity contribution in [3.8, 4) is 0 Å². The van der Waals surface area contributed by atoms with Crippen LogP contribution in [0.25, 0.3) is 0 Å². The zero-order chi connectivity index (χ0) is 32.9. The highest BCUT2D eigenvalue weighted by atomic mass is 32.2. The number of rotatable bonds is 9. The van der Waals surface area contributed by atoms with Gasteiger partial charge >= 0.3 is 0 Å². The largest absolute Gasteiger partial charge is 0.274 e. The Bertz CT molecular complexity index is 1200. The lowest BCUT2D eigenvalue weighted by atomic mass is 10.2. The molecule has 1 aliphatic carbocycles. The van der Waals surface area contributed by atoms with E-state index in [1.54, 1.807) is 55.4 Å². The van der Waals surface area contributed by atoms with Crippen LogP contribution in [0, 0.1) is 17.8 Å². The van der Waals surface area contributed by atoms with Gasteiger partial charge in [-0.1, -0.05) is 41.5 Å². The van der Waals surface area contributed by atoms with Crippen molar-refractivity contribution in [2.75, 3.05) is 18.8 Å². The van der Waals surface area contributed by atoms with E-state index >= 15 is 0 Å². The lowest BCUT2D eigenvalue weighted by molar-refractivity contribution is -0.123. The highest BCUT2D eigenvalue weighted by molar-refractivity contribution is 7.91. The summed E-state index contributed by atoms with van der Waals surface area (Å²) in [5.74, 6) is -2.23. The molecule has 1 aliphatic rings. The number of carbonyl (C=O) groups is 3. The third kappa shape index (κ3) is 29.2. The Labute approximate surface area is 239 Å². The lowest BCUT2D eigenvalue weighted by Crippen LogP contribution is -2.35. The zero-order valence-electron chi connectivity index (χ0n) is 24.8. The van der Waals surface area contributed by atoms with Crippen LogP contribution in [0.2, 0.25) is 0 Å². The molecule has 0 bridgehead atoms. The number of hydrogen-bond acceptors (Lipinski definition) is 12. The van der Waals surface area contributed by atoms with Gasteiger partial charge in [0.15, 0.2) is 0 Å². The molecular weight excluding hydrogens is 615 g/mol. The molecule has 0 aromatic carbocycles. The summed E-state index contributed by atoms with van der Waals surface area (Å²) in [4.78, 5) is 32.3. The standard InChI is InChI=1S/C7H13NO3S.2C5H11NO3S.C4H10O3S/c1-5(2)7(9)8-12(10,11)6-3-4-6;2*1-4(2)5(7)6-10(3,8)9;1-4(2)7-8(3,5)6/h5-6H,3-4H2,1-2H3,(H,8,9);2*4H,1-3H3,(H,6,7);4H,1-3H3. The van der Waals surface area contributed by atoms with Gasteiger partial charge in [-0.2, -0.15) is 8.42 Å². The number of nitrogens with one attached hydrogen (secondary N) is 3. The summed E-state index contributed by atoms with van der Waals surface area (Å²) in [5, 5.41) is -0.319. The quantitative estimate of drug-likeness (QED) is 0.279. The molecule has 0 aromatic rings. The third-order valence-electron chi connectivity index (χ3n) is 3.72. The van der Waals surface area contributed by atoms with Gasteiger partial charge in [0.25, 0.3) is 10.1 Å². The van der Waals surface area contributed by atoms with Gasteiger partial charge in [-0.15, -0.1) is 0 Å². The van der Waals surface area contributed by atoms with Gasteiger partial charge in [0.2, 0.25) is 47.8 Å². The molecular formula is C21H45N3O12S4. The second kappa shape index (κ2) is 17.9. The van der Waals surface area contributed by atoms with Crippen LogP contribution in [0.5, 0.6) is 0 Å². The molecule has 1 rings (SSSR count). The van der Waals surface area contributed by atoms with Crippen molar-refractivity contribution in [2.45, 2.75) is 79.6 Å². The predicted octanol–water partition coefficient (Wildman–Crippen LogP) is 0.0582. The predicted molar refractivity (Wildman–Crippen MR) is 152 cm³/mol. The summed E-state index contributed by atoms with van der Waals surface area (Å²) < 4.78 is 94.6. The smallest absolute Gasteiger partial charge is 0.264 e. The highest BCUT2D eigenvalue weighted by Gasteiger charge is 2.37. The van der Waals surface area contributed by atoms with Crippen LogP contribution in [-0.4, -0.2) is 81.5 Å². The molecule has 3 amide bonds. The molecule has 0 heterocycles. The van der Waals surface area contributed by atoms with Gasteiger partial charge < -0.3 is 0 Å². The molecule has 240 valence electrons. The minimum Gasteiger partial charge on any atom is -0.274 e. The van der Waals surface area contributed by atoms with Crippen LogP contribution < -0.4 is 14.2 Å². The summed E-state index contributed by atoms with van der Waals surface area (Å²) in [5.41, 5.74) is 0. The fourth-order valence-corrected chi connectivity index (χ4v) is 5.01. The topological polar surface area (TPSA) is 233 Å². The van der Waals surface area contributed by atoms with E-state index in [1.807, 2.05) is 9.44 Å². The van der Waals surface area contributed by atoms with Gasteiger partial charge in [-0.05, 0) is 26.7 Å². The second-order valence-electron chi connectivity index (χ2n) is 10.0. The van der Waals surface area contributed by atoms with Crippen molar-refractivity contribution in [3.05, 3.63) is 0 Å². The fraction of sp³-hybridized carbons (Fsp3) is 0.857. The van der Waals surface area contributed by atoms with E-state index < -0.39 is 57.9 Å². The highest BCUT2D eigenvalue weighted by Crippen LogP contribution is 2.27. The Balaban J connectivity index is -0.000000462. The molecule has 0 aliphatic heterocycles. The molecule has 19 heteroatoms. The number of sulfonamides is 3. The molecule has 0 aromatic heterocycles. The lowest BCUT2D eigenvalue weighted by Gasteiger charge is -2.06. The van der Waals surface area contributed by atoms with E-state index in [0.29, 0.717) is 12.8 Å². The van der Waals surface area contributed by atoms with E-state index in [4.69, 9.17) is 0 Å². The van der Waals surface area contributed by atoms with E-state index in [-0.39, 0.29) is 29.1 Å². The normalized spacial score (nSPS) is 13.7. The Morgan fingerprint density at radius 1 is 0.575 bits per heavy atom. The Morgan fingerprint density at radius 2 is 0.850 bits per heavy atom. The van der Waals surface area contributed by atoms with Crippen LogP contribution in [0.15, 0.2) is 0 Å². The van der Waals surface area contributed by atoms with Crippen LogP contribution >= 0.6 is 0 Å². The Hall–Kier alpha value is -1.83. The first kappa shape index (κ1) is 42.6. The van der Waals surface area contributed by atoms with Crippen LogP contribution in [-0.2, 0) is 58.8 Å². The van der Waals surface area contributed by atoms with Crippen LogP contribution in [0.4, 0.5) is 0 Å². The van der Waals surface area contributed by atoms with Crippen molar-refractivity contribution >= 4 is 57.9 Å². The van der Waals surface area contributed by atoms with E-state index in [2.05, 4.69) is 8.91 Å². The van der Waals surface area contributed by atoms with Crippen molar-refractivity contribution in [1.82, 2.24) is 14.2 Å². The van der Waals surface area contributed by atoms with Gasteiger partial charge in [0, 0.05) is 17.8 Å². The maximum Gasteiger partial charge on any atom is 0.264 e. The van der Waals surface area contributed by atoms with Crippen molar-refractivity contribution in [3.63, 3.8) is 0 Å². The molecule has 1 saturated carbocycles. The van der Waals surface area contributed by atoms with E-state index in [1.165, 1.54) is 0 Å². The van der Waals surface area contributed by atoms with Crippen molar-refractivity contribution in [1.29, 1.82) is 0 Å². The molecule has 0 atom stereocenters. The first-order chi connectivity index (χ1) is 17.5. The fourth-order valence-electron chi connectivity index (χ4n) is 1.67. The monoisotopic (exact) mass is 659 g/mol. The first-order valence-corrected chi connectivity index (χ1v) is 19.1. The summed E-state index contributed by atoms with van der Waals surface area (Å²) in [6.45, 7) is 13.2. The SMILES string of the molecule is CC(C)C(=O)NS(=O)(=O)C1CC1.CC(C)C(=O)NS(C)(=O)=O.CC(C)C(=O)NS(C)(=O)=O.CC(C)OS(C)(=O)=O. The molecule has 1 fully saturated rings. The van der Waals surface area contributed by atoms with Crippen molar-refractivity contribution in [2.24, 2.45) is 17.8 Å². The maximum absolute atomic E-state index is 11.2. The van der Waals surface area contributed by atoms with Gasteiger partial charge in [0.1, 0.15) is 0 Å². The summed E-state index contributed by atoms with van der Waals surface area (Å²) in [7, 11) is -13.3. The molecule has 3 N–H and O–H groups in total. The molecule has 0 spiro atoms. The average Bonchev–Trinajstić information content (AvgIpc) is 3.50. The third-order valence-corrected chi connectivity index (χ3v) is 7.43. The first-order valence-electron chi connectivity index (χ1n) is 12.0. The van der Waals surface area contributed by atoms with Crippen molar-refractivity contribution < 1.29 is 52.2 Å². The number of amides is 3. The summed E-state index contributed by atoms with van der Waals surface area (Å²) in [6, 6.07) is 0. The molecule has 0 radical (unpaired) electrons. The summed E-state index contributed by atoms with van der Waals surface area (Å²) in [6.07, 6.45) is 4.06. The molecule has 0 unspecified atom stereocenters. The minimum absolute atomic E-state index is 0.245. The molecule has 40 heavy (non-hydrogen) atoms. The Kier molecular flexibility index (Phi) is 19.0. The van der Waals surface area contributed by atoms with Crippen LogP contribution in [0.3, 0.4) is 0 Å². The molecule has 15 nitrogen and oxygen atoms in total. The van der Waals surface area contributed by atoms with Gasteiger partial charge in [-0.25, -0.2) is 25.3 Å². The van der Waals surface area contributed by atoms with Crippen LogP contribution in [0.1, 0.15) is 68.2 Å². The minimum atomic E-state index is -3.37. The number of hydrogen-bond donors (Lipinski definition) is 3. The zero-order valence-corrected chi connectivity index (χ0v) is 28.1. The van der Waals surface area contributed by atoms with E-state index in [9.17, 15) is 48.1 Å². The van der Waals surface area contributed by atoms with E-state index in [0.717, 1.165) is 18.8 Å². The number of carbonyl (C=O) groups excluding carboxylic acids is 3. The van der Waals surface area contributed by atoms with Gasteiger partial charge in [0.05, 0.1) is 30.1 Å². The molecule has 0 saturated heterocycles. The maximum atomic E-state index is 11.2. The second-order valence-corrected chi connectivity index (χ2v) is 17.1.